The minimum absolute atomic E-state index is 0.0535. The number of nitrogens with zero attached hydrogens (tertiary/aromatic N) is 2. The summed E-state index contributed by atoms with van der Waals surface area (Å²) in [6.07, 6.45) is 12.5. The van der Waals surface area contributed by atoms with Crippen molar-refractivity contribution < 1.29 is 0 Å². The molecule has 11 aromatic rings. The van der Waals surface area contributed by atoms with Crippen LogP contribution in [-0.4, -0.2) is 11.4 Å². The van der Waals surface area contributed by atoms with Crippen LogP contribution in [0.25, 0.3) is 91.5 Å². The van der Waals surface area contributed by atoms with Gasteiger partial charge in [0.25, 0.3) is 0 Å². The van der Waals surface area contributed by atoms with Gasteiger partial charge in [0.15, 0.2) is 0 Å². The van der Waals surface area contributed by atoms with E-state index in [1.54, 1.807) is 11.1 Å². The Labute approximate surface area is 412 Å². The zero-order chi connectivity index (χ0) is 45.8. The van der Waals surface area contributed by atoms with E-state index in [-0.39, 0.29) is 17.7 Å². The number of benzene rings is 9. The van der Waals surface area contributed by atoms with E-state index in [2.05, 4.69) is 199 Å². The first-order valence-electron chi connectivity index (χ1n) is 25.8. The average Bonchev–Trinajstić information content (AvgIpc) is 4.29. The zero-order valence-electron chi connectivity index (χ0n) is 39.5. The molecule has 4 unspecified atom stereocenters. The Balaban J connectivity index is 1.00. The highest BCUT2D eigenvalue weighted by atomic mass is 32.1. The normalized spacial score (nSPS) is 22.6. The Morgan fingerprint density at radius 3 is 1.96 bits per heavy atom. The second-order valence-electron chi connectivity index (χ2n) is 22.6. The van der Waals surface area contributed by atoms with Gasteiger partial charge in [-0.1, -0.05) is 140 Å². The molecule has 6 aliphatic rings. The number of hydrogen-bond donors (Lipinski definition) is 0. The van der Waals surface area contributed by atoms with Crippen molar-refractivity contribution in [2.45, 2.75) is 63.2 Å². The Hall–Kier alpha value is -7.14. The van der Waals surface area contributed by atoms with E-state index in [0.717, 1.165) is 24.7 Å². The van der Waals surface area contributed by atoms with Gasteiger partial charge >= 0.3 is 6.85 Å². The standard InChI is InChI=1S/C66H49BN2S/c1-65(24-22-42-26-45(42)36-65)47-18-21-57-51(31-47)54-32-48(66(2)25-23-43-27-46(43)37-66)33-56-64(54)68(57)59-29-44-14-8-9-15-50(44)62-55-34-53-52-28-40-12-6-7-13-41(40)30-60(52)70-61(53)35-58(55)69(67(56)63(59)62)49-19-16-39(17-20-49)38-10-4-3-5-11-38/h3-23,28-35,45-46H,24-27,36-37H2,1-2H3. The summed E-state index contributed by atoms with van der Waals surface area (Å²) < 4.78 is 5.39. The summed E-state index contributed by atoms with van der Waals surface area (Å²) in [7, 11) is 0. The first kappa shape index (κ1) is 38.7. The molecule has 0 spiro atoms. The number of thiophene rings is 1. The molecular weight excluding hydrogens is 864 g/mol. The molecule has 2 aromatic heterocycles. The molecule has 2 nitrogen and oxygen atoms in total. The summed E-state index contributed by atoms with van der Waals surface area (Å²) in [4.78, 5) is 2.76. The third-order valence-corrected chi connectivity index (χ3v) is 19.5. The maximum absolute atomic E-state index is 2.76. The van der Waals surface area contributed by atoms with Crippen LogP contribution in [0.4, 0.5) is 11.4 Å². The van der Waals surface area contributed by atoms with Gasteiger partial charge in [-0.25, -0.2) is 0 Å². The third kappa shape index (κ3) is 5.25. The maximum atomic E-state index is 2.76. The van der Waals surface area contributed by atoms with Crippen molar-refractivity contribution >= 4 is 104 Å². The lowest BCUT2D eigenvalue weighted by atomic mass is 9.43. The molecule has 2 saturated carbocycles. The molecular formula is C66H49BN2S. The fraction of sp³-hybridized carbons (Fsp3) is 0.182. The van der Waals surface area contributed by atoms with Gasteiger partial charge in [-0.2, -0.15) is 0 Å². The molecule has 0 amide bonds. The predicted octanol–water partition coefficient (Wildman–Crippen LogP) is 16.4. The van der Waals surface area contributed by atoms with Crippen molar-refractivity contribution in [1.82, 2.24) is 4.57 Å². The van der Waals surface area contributed by atoms with E-state index >= 15 is 0 Å². The van der Waals surface area contributed by atoms with E-state index in [1.807, 2.05) is 11.3 Å². The molecule has 4 heterocycles. The molecule has 9 aromatic carbocycles. The number of aromatic nitrogens is 1. The molecule has 332 valence electrons. The number of anilines is 2. The highest BCUT2D eigenvalue weighted by Gasteiger charge is 2.48. The minimum atomic E-state index is -0.0636. The molecule has 2 fully saturated rings. The summed E-state index contributed by atoms with van der Waals surface area (Å²) in [5.74, 6) is 1.50. The van der Waals surface area contributed by atoms with Crippen LogP contribution >= 0.6 is 11.3 Å². The van der Waals surface area contributed by atoms with Crippen LogP contribution in [-0.2, 0) is 10.8 Å². The Bertz CT molecular complexity index is 4250. The summed E-state index contributed by atoms with van der Waals surface area (Å²) in [5.41, 5.74) is 21.1. The summed E-state index contributed by atoms with van der Waals surface area (Å²) in [5, 5.41) is 10.7. The van der Waals surface area contributed by atoms with Gasteiger partial charge in [-0.3, -0.25) is 0 Å². The highest BCUT2D eigenvalue weighted by molar-refractivity contribution is 7.26. The lowest BCUT2D eigenvalue weighted by Crippen LogP contribution is -2.61. The molecule has 4 heteroatoms. The van der Waals surface area contributed by atoms with Crippen molar-refractivity contribution in [3.63, 3.8) is 0 Å². The highest BCUT2D eigenvalue weighted by Crippen LogP contribution is 2.56. The number of rotatable bonds is 4. The van der Waals surface area contributed by atoms with Crippen molar-refractivity contribution in [2.24, 2.45) is 11.8 Å². The molecule has 0 N–H and O–H groups in total. The number of fused-ring (bicyclic) bond motifs is 15. The van der Waals surface area contributed by atoms with Crippen LogP contribution in [0.2, 0.25) is 0 Å². The molecule has 0 bridgehead atoms. The van der Waals surface area contributed by atoms with Gasteiger partial charge in [0.2, 0.25) is 0 Å². The van der Waals surface area contributed by atoms with Gasteiger partial charge in [-0.05, 0) is 182 Å². The van der Waals surface area contributed by atoms with Gasteiger partial charge in [0, 0.05) is 53.6 Å². The second-order valence-corrected chi connectivity index (χ2v) is 23.7. The van der Waals surface area contributed by atoms with Crippen LogP contribution in [0.1, 0.15) is 63.5 Å². The zero-order valence-corrected chi connectivity index (χ0v) is 40.3. The largest absolute Gasteiger partial charge is 0.376 e. The lowest BCUT2D eigenvalue weighted by molar-refractivity contribution is 0.407. The quantitative estimate of drug-likeness (QED) is 0.126. The molecule has 17 rings (SSSR count). The minimum Gasteiger partial charge on any atom is -0.376 e. The topological polar surface area (TPSA) is 8.17 Å². The van der Waals surface area contributed by atoms with E-state index in [1.165, 1.54) is 151 Å². The summed E-state index contributed by atoms with van der Waals surface area (Å²) in [6.45, 7) is 5.05. The molecule has 4 aliphatic carbocycles. The van der Waals surface area contributed by atoms with Crippen molar-refractivity contribution in [1.29, 1.82) is 0 Å². The third-order valence-electron chi connectivity index (χ3n) is 18.4. The Morgan fingerprint density at radius 1 is 0.529 bits per heavy atom. The second kappa shape index (κ2) is 13.4. The monoisotopic (exact) mass is 912 g/mol. The smallest absolute Gasteiger partial charge is 0.333 e. The SMILES string of the molecule is CC1(c2ccc3c(c2)c2cc(C4(C)CC=C5CC5C4)cc4c2n3-c2cc3ccccc3c3c2B4N(c2ccc(-c4ccccc4)cc2)c2cc4sc5cc6ccccc6cc5c4cc2-3)CC=C2CC2C1. The molecule has 70 heavy (non-hydrogen) atoms. The summed E-state index contributed by atoms with van der Waals surface area (Å²) in [6, 6.07) is 64.1. The lowest BCUT2D eigenvalue weighted by Gasteiger charge is -2.43. The number of allylic oxidation sites excluding steroid dienone is 4. The molecule has 2 aliphatic heterocycles. The molecule has 0 radical (unpaired) electrons. The van der Waals surface area contributed by atoms with E-state index in [4.69, 9.17) is 0 Å². The van der Waals surface area contributed by atoms with Crippen LogP contribution in [0.15, 0.2) is 187 Å². The van der Waals surface area contributed by atoms with Crippen molar-refractivity contribution in [3.05, 3.63) is 198 Å². The van der Waals surface area contributed by atoms with E-state index in [0.29, 0.717) is 0 Å². The number of hydrogen-bond acceptors (Lipinski definition) is 2. The van der Waals surface area contributed by atoms with Crippen molar-refractivity contribution in [2.75, 3.05) is 4.81 Å². The summed E-state index contributed by atoms with van der Waals surface area (Å²) >= 11 is 1.94. The molecule has 0 saturated heterocycles. The van der Waals surface area contributed by atoms with Crippen LogP contribution in [0.5, 0.6) is 0 Å². The Morgan fingerprint density at radius 2 is 1.19 bits per heavy atom. The van der Waals surface area contributed by atoms with Crippen molar-refractivity contribution in [3.8, 4) is 27.9 Å². The fourth-order valence-electron chi connectivity index (χ4n) is 14.5. The van der Waals surface area contributed by atoms with Crippen LogP contribution in [0.3, 0.4) is 0 Å². The van der Waals surface area contributed by atoms with Gasteiger partial charge in [0.05, 0.1) is 11.0 Å². The first-order valence-corrected chi connectivity index (χ1v) is 26.6. The van der Waals surface area contributed by atoms with E-state index in [9.17, 15) is 0 Å². The van der Waals surface area contributed by atoms with Gasteiger partial charge in [0.1, 0.15) is 0 Å². The fourth-order valence-corrected chi connectivity index (χ4v) is 15.6. The van der Waals surface area contributed by atoms with Gasteiger partial charge in [-0.15, -0.1) is 11.3 Å². The predicted molar refractivity (Wildman–Crippen MR) is 299 cm³/mol. The molecule has 4 atom stereocenters. The average molecular weight is 913 g/mol. The Kier molecular flexibility index (Phi) is 7.40. The van der Waals surface area contributed by atoms with Crippen LogP contribution < -0.4 is 15.7 Å². The van der Waals surface area contributed by atoms with Gasteiger partial charge < -0.3 is 9.38 Å². The van der Waals surface area contributed by atoms with E-state index < -0.39 is 0 Å². The maximum Gasteiger partial charge on any atom is 0.333 e. The van der Waals surface area contributed by atoms with Crippen LogP contribution in [0, 0.1) is 11.8 Å². The first-order chi connectivity index (χ1) is 34.3.